The second kappa shape index (κ2) is 7.49. The van der Waals surface area contributed by atoms with Crippen LogP contribution in [0.2, 0.25) is 0 Å². The molecule has 0 aliphatic carbocycles. The van der Waals surface area contributed by atoms with Crippen LogP contribution < -0.4 is 10.1 Å². The van der Waals surface area contributed by atoms with Gasteiger partial charge in [-0.3, -0.25) is 4.79 Å². The summed E-state index contributed by atoms with van der Waals surface area (Å²) in [5, 5.41) is 2.81. The summed E-state index contributed by atoms with van der Waals surface area (Å²) < 4.78 is 28.5. The zero-order valence-electron chi connectivity index (χ0n) is 14.0. The summed E-state index contributed by atoms with van der Waals surface area (Å²) in [6, 6.07) is 12.3. The zero-order valence-corrected chi connectivity index (χ0v) is 14.8. The summed E-state index contributed by atoms with van der Waals surface area (Å²) in [7, 11) is -1.94. The van der Waals surface area contributed by atoms with Crippen molar-refractivity contribution in [2.24, 2.45) is 0 Å². The molecule has 1 N–H and O–H groups in total. The van der Waals surface area contributed by atoms with Gasteiger partial charge >= 0.3 is 0 Å². The van der Waals surface area contributed by atoms with Crippen molar-refractivity contribution in [3.05, 3.63) is 59.2 Å². The first-order valence-electron chi connectivity index (χ1n) is 7.53. The number of ether oxygens (including phenoxy) is 1. The van der Waals surface area contributed by atoms with Gasteiger partial charge in [0.15, 0.2) is 9.84 Å². The molecule has 0 aromatic heterocycles. The zero-order chi connectivity index (χ0) is 17.7. The van der Waals surface area contributed by atoms with E-state index in [4.69, 9.17) is 4.74 Å². The van der Waals surface area contributed by atoms with Crippen molar-refractivity contribution in [2.75, 3.05) is 19.9 Å². The Hall–Kier alpha value is -2.34. The molecule has 0 saturated carbocycles. The molecule has 128 valence electrons. The predicted octanol–water partition coefficient (Wildman–Crippen LogP) is 2.38. The highest BCUT2D eigenvalue weighted by Crippen LogP contribution is 2.22. The number of nitrogens with one attached hydrogen (secondary N) is 1. The molecular formula is C18H21NO4S. The van der Waals surface area contributed by atoms with Gasteiger partial charge in [-0.2, -0.15) is 0 Å². The van der Waals surface area contributed by atoms with E-state index in [1.807, 2.05) is 25.1 Å². The maximum Gasteiger partial charge on any atom is 0.255 e. The summed E-state index contributed by atoms with van der Waals surface area (Å²) in [5.74, 6) is -0.0135. The van der Waals surface area contributed by atoms with Gasteiger partial charge in [-0.15, -0.1) is 0 Å². The van der Waals surface area contributed by atoms with Gasteiger partial charge in [-0.05, 0) is 37.1 Å². The Morgan fingerprint density at radius 3 is 2.54 bits per heavy atom. The summed E-state index contributed by atoms with van der Waals surface area (Å²) >= 11 is 0. The molecule has 5 nitrogen and oxygen atoms in total. The Bertz CT molecular complexity index is 844. The van der Waals surface area contributed by atoms with Gasteiger partial charge in [0.1, 0.15) is 5.75 Å². The van der Waals surface area contributed by atoms with Gasteiger partial charge in [0, 0.05) is 12.8 Å². The number of sulfone groups is 1. The van der Waals surface area contributed by atoms with Crippen LogP contribution in [0.25, 0.3) is 0 Å². The largest absolute Gasteiger partial charge is 0.496 e. The van der Waals surface area contributed by atoms with Crippen molar-refractivity contribution in [1.82, 2.24) is 5.32 Å². The Morgan fingerprint density at radius 1 is 1.17 bits per heavy atom. The molecule has 0 fully saturated rings. The van der Waals surface area contributed by atoms with Crippen LogP contribution in [0.15, 0.2) is 47.4 Å². The van der Waals surface area contributed by atoms with E-state index in [0.29, 0.717) is 18.7 Å². The second-order valence-electron chi connectivity index (χ2n) is 5.63. The van der Waals surface area contributed by atoms with Crippen molar-refractivity contribution < 1.29 is 17.9 Å². The third-order valence-corrected chi connectivity index (χ3v) is 4.74. The molecule has 0 radical (unpaired) electrons. The fraction of sp³-hybridized carbons (Fsp3) is 0.278. The van der Waals surface area contributed by atoms with E-state index in [0.717, 1.165) is 11.8 Å². The molecule has 24 heavy (non-hydrogen) atoms. The van der Waals surface area contributed by atoms with Gasteiger partial charge in [0.05, 0.1) is 17.6 Å². The number of hydrogen-bond donors (Lipinski definition) is 1. The van der Waals surface area contributed by atoms with Crippen molar-refractivity contribution >= 4 is 15.7 Å². The molecular weight excluding hydrogens is 326 g/mol. The van der Waals surface area contributed by atoms with Crippen LogP contribution in [-0.2, 0) is 16.3 Å². The van der Waals surface area contributed by atoms with Crippen molar-refractivity contribution in [1.29, 1.82) is 0 Å². The molecule has 0 unspecified atom stereocenters. The molecule has 0 aliphatic rings. The Morgan fingerprint density at radius 2 is 1.92 bits per heavy atom. The molecule has 0 heterocycles. The molecule has 2 aromatic carbocycles. The van der Waals surface area contributed by atoms with Gasteiger partial charge in [0.25, 0.3) is 5.91 Å². The minimum atomic E-state index is -3.39. The van der Waals surface area contributed by atoms with Crippen LogP contribution in [0.4, 0.5) is 0 Å². The van der Waals surface area contributed by atoms with Crippen molar-refractivity contribution in [3.63, 3.8) is 0 Å². The van der Waals surface area contributed by atoms with Gasteiger partial charge < -0.3 is 10.1 Å². The SMILES string of the molecule is COc1ccc(S(C)(=O)=O)cc1C(=O)NCCc1cccc(C)c1. The number of aryl methyl sites for hydroxylation is 1. The summed E-state index contributed by atoms with van der Waals surface area (Å²) in [6.45, 7) is 2.47. The lowest BCUT2D eigenvalue weighted by molar-refractivity contribution is 0.0951. The highest BCUT2D eigenvalue weighted by Gasteiger charge is 2.16. The minimum absolute atomic E-state index is 0.0899. The number of methoxy groups -OCH3 is 1. The van der Waals surface area contributed by atoms with Crippen LogP contribution in [0.3, 0.4) is 0 Å². The number of carbonyl (C=O) groups excluding carboxylic acids is 1. The molecule has 6 heteroatoms. The summed E-state index contributed by atoms with van der Waals surface area (Å²) in [6.07, 6.45) is 1.80. The lowest BCUT2D eigenvalue weighted by Gasteiger charge is -2.11. The maximum atomic E-state index is 12.4. The molecule has 0 saturated heterocycles. The minimum Gasteiger partial charge on any atom is -0.496 e. The number of hydrogen-bond acceptors (Lipinski definition) is 4. The highest BCUT2D eigenvalue weighted by atomic mass is 32.2. The van der Waals surface area contributed by atoms with Gasteiger partial charge in [-0.25, -0.2) is 8.42 Å². The van der Waals surface area contributed by atoms with E-state index in [1.165, 1.54) is 30.9 Å². The van der Waals surface area contributed by atoms with Crippen LogP contribution >= 0.6 is 0 Å². The Balaban J connectivity index is 2.11. The molecule has 0 aliphatic heterocycles. The third-order valence-electron chi connectivity index (χ3n) is 3.63. The monoisotopic (exact) mass is 347 g/mol. The lowest BCUT2D eigenvalue weighted by Crippen LogP contribution is -2.26. The van der Waals surface area contributed by atoms with Crippen LogP contribution in [0.5, 0.6) is 5.75 Å². The first-order chi connectivity index (χ1) is 11.3. The molecule has 0 bridgehead atoms. The lowest BCUT2D eigenvalue weighted by atomic mass is 10.1. The third kappa shape index (κ3) is 4.58. The Labute approximate surface area is 142 Å². The topological polar surface area (TPSA) is 72.5 Å². The molecule has 2 rings (SSSR count). The maximum absolute atomic E-state index is 12.4. The molecule has 0 spiro atoms. The number of benzene rings is 2. The first-order valence-corrected chi connectivity index (χ1v) is 9.42. The standard InChI is InChI=1S/C18H21NO4S/c1-13-5-4-6-14(11-13)9-10-19-18(20)16-12-15(24(3,21)22)7-8-17(16)23-2/h4-8,11-12H,9-10H2,1-3H3,(H,19,20). The normalized spacial score (nSPS) is 11.1. The number of carbonyl (C=O) groups is 1. The first kappa shape index (κ1) is 18.0. The van der Waals surface area contributed by atoms with E-state index in [1.54, 1.807) is 0 Å². The van der Waals surface area contributed by atoms with Crippen molar-refractivity contribution in [2.45, 2.75) is 18.2 Å². The second-order valence-corrected chi connectivity index (χ2v) is 7.64. The number of rotatable bonds is 6. The fourth-order valence-corrected chi connectivity index (χ4v) is 3.03. The molecule has 1 amide bonds. The van der Waals surface area contributed by atoms with E-state index in [9.17, 15) is 13.2 Å². The quantitative estimate of drug-likeness (QED) is 0.871. The van der Waals surface area contributed by atoms with Crippen LogP contribution in [-0.4, -0.2) is 34.2 Å². The van der Waals surface area contributed by atoms with Crippen LogP contribution in [0, 0.1) is 6.92 Å². The van der Waals surface area contributed by atoms with E-state index < -0.39 is 9.84 Å². The van der Waals surface area contributed by atoms with Crippen molar-refractivity contribution in [3.8, 4) is 5.75 Å². The van der Waals surface area contributed by atoms with E-state index in [2.05, 4.69) is 11.4 Å². The summed E-state index contributed by atoms with van der Waals surface area (Å²) in [5.41, 5.74) is 2.51. The smallest absolute Gasteiger partial charge is 0.255 e. The average molecular weight is 347 g/mol. The predicted molar refractivity (Wildman–Crippen MR) is 93.3 cm³/mol. The van der Waals surface area contributed by atoms with E-state index >= 15 is 0 Å². The highest BCUT2D eigenvalue weighted by molar-refractivity contribution is 7.90. The fourth-order valence-electron chi connectivity index (χ4n) is 2.38. The van der Waals surface area contributed by atoms with E-state index in [-0.39, 0.29) is 16.4 Å². The van der Waals surface area contributed by atoms with Gasteiger partial charge in [-0.1, -0.05) is 29.8 Å². The Kier molecular flexibility index (Phi) is 5.62. The molecule has 0 atom stereocenters. The van der Waals surface area contributed by atoms with Gasteiger partial charge in [0.2, 0.25) is 0 Å². The summed E-state index contributed by atoms with van der Waals surface area (Å²) in [4.78, 5) is 12.5. The van der Waals surface area contributed by atoms with Crippen LogP contribution in [0.1, 0.15) is 21.5 Å². The average Bonchev–Trinajstić information content (AvgIpc) is 2.53. The number of amides is 1. The molecule has 2 aromatic rings.